The molecule has 12 aliphatic rings. The fourth-order valence-electron chi connectivity index (χ4n) is 21.0. The number of methoxy groups -OCH3 is 3. The number of rotatable bonds is 17. The van der Waals surface area contributed by atoms with Gasteiger partial charge in [-0.3, -0.25) is 19.2 Å². The van der Waals surface area contributed by atoms with Crippen molar-refractivity contribution in [3.8, 4) is 23.0 Å². The molecule has 8 saturated heterocycles. The van der Waals surface area contributed by atoms with E-state index in [1.165, 1.54) is 121 Å². The number of phenols is 1. The normalized spacial score (nSPS) is 22.9. The van der Waals surface area contributed by atoms with Crippen LogP contribution in [0.5, 0.6) is 23.0 Å². The molecule has 0 aromatic heterocycles. The van der Waals surface area contributed by atoms with Gasteiger partial charge in [-0.1, -0.05) is 101 Å². The van der Waals surface area contributed by atoms with E-state index in [0.717, 1.165) is 124 Å². The molecule has 0 radical (unpaired) electrons. The van der Waals surface area contributed by atoms with Crippen molar-refractivity contribution in [2.45, 2.75) is 268 Å². The molecule has 12 heterocycles. The van der Waals surface area contributed by atoms with Gasteiger partial charge in [0.25, 0.3) is 17.7 Å². The second-order valence-electron chi connectivity index (χ2n) is 36.1. The average molecular weight is 2250 g/mol. The van der Waals surface area contributed by atoms with E-state index in [1.54, 1.807) is 84.3 Å². The molecule has 8 aromatic rings. The van der Waals surface area contributed by atoms with Crippen molar-refractivity contribution in [3.05, 3.63) is 167 Å². The zero-order chi connectivity index (χ0) is 96.7. The van der Waals surface area contributed by atoms with Crippen LogP contribution in [0.15, 0.2) is 189 Å². The summed E-state index contributed by atoms with van der Waals surface area (Å²) < 4.78 is 18.6. The van der Waals surface area contributed by atoms with Crippen molar-refractivity contribution in [3.63, 3.8) is 0 Å². The summed E-state index contributed by atoms with van der Waals surface area (Å²) >= 11 is 39.6. The maximum absolute atomic E-state index is 12.8. The van der Waals surface area contributed by atoms with Gasteiger partial charge in [0.05, 0.1) is 91.7 Å². The molecular weight excluding hydrogens is 2120 g/mol. The number of phenolic OH excluding ortho intramolecular Hbond substituents is 1. The summed E-state index contributed by atoms with van der Waals surface area (Å²) in [5.41, 5.74) is 12.0. The quantitative estimate of drug-likeness (QED) is 0.0383. The fourth-order valence-corrected chi connectivity index (χ4v) is 26.7. The number of anilines is 8. The number of amides is 3. The van der Waals surface area contributed by atoms with Crippen LogP contribution >= 0.6 is 157 Å². The molecule has 12 aliphatic heterocycles. The number of aromatic hydroxyl groups is 1. The molecule has 33 heteroatoms. The monoisotopic (exact) mass is 2240 g/mol. The Balaban J connectivity index is 0.000000143. The number of halogens is 8. The molecular formula is C102H129BBr4Cl4N12O8S4. The topological polar surface area (TPSA) is 181 Å². The molecule has 8 bridgehead atoms. The number of nitrogens with zero attached hydrogens (tertiary/aromatic N) is 9. The van der Waals surface area contributed by atoms with Gasteiger partial charge in [0.15, 0.2) is 0 Å². The number of carbonyl (C=O) groups excluding carboxylic acids is 4. The van der Waals surface area contributed by atoms with Crippen molar-refractivity contribution < 1.29 is 38.5 Å². The number of benzene rings is 8. The number of hydrogen-bond donors (Lipinski definition) is 4. The highest BCUT2D eigenvalue weighted by atomic mass is 79.9. The summed E-state index contributed by atoms with van der Waals surface area (Å²) in [5.74, 6) is 3.25. The van der Waals surface area contributed by atoms with E-state index in [2.05, 4.69) is 234 Å². The van der Waals surface area contributed by atoms with Crippen LogP contribution in [-0.4, -0.2) is 228 Å². The molecule has 20 rings (SSSR count). The summed E-state index contributed by atoms with van der Waals surface area (Å²) in [6.07, 6.45) is 19.9. The molecule has 0 aliphatic carbocycles. The van der Waals surface area contributed by atoms with Gasteiger partial charge in [0, 0.05) is 166 Å². The van der Waals surface area contributed by atoms with Crippen molar-refractivity contribution in [2.75, 3.05) is 114 Å². The molecule has 0 spiro atoms. The zero-order valence-electron chi connectivity index (χ0n) is 79.7. The first-order valence-electron chi connectivity index (χ1n) is 47.2. The van der Waals surface area contributed by atoms with E-state index < -0.39 is 0 Å². The Kier molecular flexibility index (Phi) is 39.6. The fraction of sp³-hybridized carbons (Fsp3) is 0.490. The van der Waals surface area contributed by atoms with Crippen LogP contribution in [0.1, 0.15) is 182 Å². The van der Waals surface area contributed by atoms with Gasteiger partial charge in [-0.05, 0) is 291 Å². The van der Waals surface area contributed by atoms with Crippen molar-refractivity contribution in [1.82, 2.24) is 40.4 Å². The molecule has 4 N–H and O–H groups in total. The molecule has 3 amide bonds. The van der Waals surface area contributed by atoms with Gasteiger partial charge < -0.3 is 79.4 Å². The Hall–Kier alpha value is -5.42. The minimum atomic E-state index is -0.373. The molecule has 8 aromatic carbocycles. The Morgan fingerprint density at radius 1 is 0.444 bits per heavy atom. The van der Waals surface area contributed by atoms with Gasteiger partial charge in [0.1, 0.15) is 23.0 Å². The number of carbonyl (C=O) groups is 4. The highest BCUT2D eigenvalue weighted by Crippen LogP contribution is 2.60. The minimum Gasteiger partial charge on any atom is -0.507 e. The van der Waals surface area contributed by atoms with Gasteiger partial charge in [-0.25, -0.2) is 0 Å². The van der Waals surface area contributed by atoms with E-state index in [9.17, 15) is 24.3 Å². The van der Waals surface area contributed by atoms with Gasteiger partial charge in [-0.15, -0.1) is 82.1 Å². The summed E-state index contributed by atoms with van der Waals surface area (Å²) in [7, 11) is 15.4. The first-order valence-corrected chi connectivity index (χ1v) is 55.9. The number of piperidine rings is 4. The molecule has 9 unspecified atom stereocenters. The van der Waals surface area contributed by atoms with Crippen LogP contribution in [0.3, 0.4) is 0 Å². The van der Waals surface area contributed by atoms with E-state index in [-0.39, 0.29) is 43.3 Å². The SMILES string of the molecule is BrB(Br)Br.CC(Cl)CC(=O)Cl.CCN(C)C(=O)c1ccc2c(c1)Sc1c(O)cccc1N2C1CC2CCC(C1)N2.CCN(C)C(=O)c1ccc2c(c1)Sc1c(OC)cccc1N2C1CC2CCC(C1)N2.CCN(C)C(=O)c1ccc2c(c1)Sc1c(OC)cccc1N2C1CC2CCC(C1)N2C.CCNCC.COc1cccc2c1Sc1cc(Br)ccc1N2C1CC2CCC(C1)N2C.ClCCl. The number of fused-ring (bicyclic) bond motifs is 16. The Labute approximate surface area is 870 Å². The third kappa shape index (κ3) is 25.4. The largest absolute Gasteiger partial charge is 0.507 e. The highest BCUT2D eigenvalue weighted by molar-refractivity contribution is 9.69. The summed E-state index contributed by atoms with van der Waals surface area (Å²) in [6.45, 7) is 16.2. The smallest absolute Gasteiger partial charge is 0.369 e. The lowest BCUT2D eigenvalue weighted by Crippen LogP contribution is -2.48. The molecule has 9 atom stereocenters. The van der Waals surface area contributed by atoms with Crippen LogP contribution in [0, 0.1) is 0 Å². The van der Waals surface area contributed by atoms with Gasteiger partial charge in [0.2, 0.25) is 5.24 Å². The Morgan fingerprint density at radius 2 is 0.726 bits per heavy atom. The molecule has 20 nitrogen and oxygen atoms in total. The van der Waals surface area contributed by atoms with E-state index in [1.807, 2.05) is 96.1 Å². The third-order valence-corrected chi connectivity index (χ3v) is 33.3. The maximum Gasteiger partial charge on any atom is 0.369 e. The molecule has 135 heavy (non-hydrogen) atoms. The van der Waals surface area contributed by atoms with E-state index >= 15 is 0 Å². The van der Waals surface area contributed by atoms with Crippen molar-refractivity contribution in [2.24, 2.45) is 0 Å². The standard InChI is InChI=1S/C25H31N3O2S.C24H29N3O2S.C23H27N3O2S.C21H23BrN2OS.C4H6Cl2O.C4H11N.CH2Cl2.BBr3/c1-5-26(2)25(29)16-9-12-20-23(13-16)31-24-21(7-6-8-22(24)30-4)28(20)19-14-17-10-11-18(15-19)27(17)3;1-4-26(2)24(28)15-8-11-19-22(12-15)30-23-20(6-5-7-21(23)29-3)27(19)18-13-16-9-10-17(14-18)25-16;1-3-25(2)23(28)14-7-10-18-21(11-14)29-22-19(5-4-6-20(22)27)26(18)17-12-15-8-9-16(13-17)24-15;1-23-14-7-8-15(23)12-16(11-14)24-17-9-6-13(22)10-20(17)26-21-18(24)4-3-5-19(21)25-2;1-3(5)2-4(6)7;1-3-5-4-2;2-1-3;2-1(3)4/h6-9,12-13,17-19H,5,10-11,14-15H2,1-4H3;5-8,11-12,16-18,25H,4,9-10,13-14H2,1-3H3;4-7,10-11,15-17,24,27H,3,8-9,12-13H2,1-2H3;3-6,9-10,14-16H,7-8,11-12H2,1-2H3;3H,2H2,1H3;5H,3-4H2,1-2H3;1H2;. The average Bonchev–Trinajstić information content (AvgIpc) is 1.70. The van der Waals surface area contributed by atoms with Crippen LogP contribution in [0.25, 0.3) is 0 Å². The molecule has 0 saturated carbocycles. The third-order valence-electron chi connectivity index (χ3n) is 27.9. The van der Waals surface area contributed by atoms with E-state index in [0.29, 0.717) is 91.4 Å². The van der Waals surface area contributed by atoms with Crippen molar-refractivity contribution in [1.29, 1.82) is 0 Å². The van der Waals surface area contributed by atoms with E-state index in [4.69, 9.17) is 60.6 Å². The molecule has 8 fully saturated rings. The second-order valence-corrected chi connectivity index (χ2v) is 49.6. The zero-order valence-corrected chi connectivity index (χ0v) is 92.3. The molecule has 728 valence electrons. The predicted octanol–water partition coefficient (Wildman–Crippen LogP) is 25.7. The van der Waals surface area contributed by atoms with Crippen LogP contribution in [0.2, 0.25) is 0 Å². The van der Waals surface area contributed by atoms with Crippen LogP contribution in [-0.2, 0) is 4.79 Å². The Bertz CT molecular complexity index is 5370. The van der Waals surface area contributed by atoms with Gasteiger partial charge in [-0.2, -0.15) is 0 Å². The first-order chi connectivity index (χ1) is 65.0. The van der Waals surface area contributed by atoms with Crippen LogP contribution < -0.4 is 49.8 Å². The number of hydrogen-bond acceptors (Lipinski definition) is 21. The second kappa shape index (κ2) is 50.0. The number of nitrogens with one attached hydrogen (secondary N) is 3. The maximum atomic E-state index is 12.8. The number of ether oxygens (including phenoxy) is 3. The first kappa shape index (κ1) is 107. The van der Waals surface area contributed by atoms with Crippen molar-refractivity contribution >= 4 is 228 Å². The lowest BCUT2D eigenvalue weighted by atomic mass is 9.95. The summed E-state index contributed by atoms with van der Waals surface area (Å²) in [6, 6.07) is 57.1. The minimum absolute atomic E-state index is 0.0328. The summed E-state index contributed by atoms with van der Waals surface area (Å²) in [5, 5.41) is 20.9. The Morgan fingerprint density at radius 3 is 1.00 bits per heavy atom. The van der Waals surface area contributed by atoms with Gasteiger partial charge >= 0.3 is 3.18 Å². The summed E-state index contributed by atoms with van der Waals surface area (Å²) in [4.78, 5) is 77.8. The lowest BCUT2D eigenvalue weighted by molar-refractivity contribution is -0.111. The predicted molar refractivity (Wildman–Crippen MR) is 579 cm³/mol. The lowest BCUT2D eigenvalue weighted by Gasteiger charge is -2.45. The highest BCUT2D eigenvalue weighted by Gasteiger charge is 2.47. The van der Waals surface area contributed by atoms with Crippen LogP contribution in [0.4, 0.5) is 45.5 Å². The number of alkyl halides is 3.